The predicted octanol–water partition coefficient (Wildman–Crippen LogP) is 1.46. The predicted molar refractivity (Wildman–Crippen MR) is 68.3 cm³/mol. The maximum Gasteiger partial charge on any atom is 0.208 e. The smallest absolute Gasteiger partial charge is 0.208 e. The van der Waals surface area contributed by atoms with Gasteiger partial charge in [0.15, 0.2) is 0 Å². The fourth-order valence-corrected chi connectivity index (χ4v) is 2.21. The molecule has 16 heavy (non-hydrogen) atoms. The molecule has 0 amide bonds. The highest BCUT2D eigenvalue weighted by atomic mass is 79.9. The Balaban J connectivity index is 2.43. The first-order valence-electron chi connectivity index (χ1n) is 4.38. The Morgan fingerprint density at radius 3 is 2.75 bits per heavy atom. The molecule has 0 saturated heterocycles. The molecule has 8 heteroatoms. The number of sulfonamides is 1. The van der Waals surface area contributed by atoms with Crippen molar-refractivity contribution in [3.63, 3.8) is 0 Å². The fraction of sp³-hybridized carbons (Fsp3) is 0.375. The third kappa shape index (κ3) is 5.11. The van der Waals surface area contributed by atoms with Gasteiger partial charge in [0.25, 0.3) is 0 Å². The fourth-order valence-electron chi connectivity index (χ4n) is 0.962. The van der Waals surface area contributed by atoms with Crippen LogP contribution in [-0.2, 0) is 10.0 Å². The highest BCUT2D eigenvalue weighted by molar-refractivity contribution is 9.10. The lowest BCUT2D eigenvalue weighted by Gasteiger charge is -2.07. The molecule has 5 nitrogen and oxygen atoms in total. The van der Waals surface area contributed by atoms with Crippen molar-refractivity contribution in [2.45, 2.75) is 0 Å². The van der Waals surface area contributed by atoms with Gasteiger partial charge in [-0.25, -0.2) is 18.1 Å². The minimum Gasteiger partial charge on any atom is -0.368 e. The number of rotatable bonds is 5. The van der Waals surface area contributed by atoms with Gasteiger partial charge in [0.2, 0.25) is 10.0 Å². The van der Waals surface area contributed by atoms with E-state index in [0.29, 0.717) is 23.9 Å². The van der Waals surface area contributed by atoms with Crippen LogP contribution in [0.2, 0.25) is 5.02 Å². The van der Waals surface area contributed by atoms with E-state index in [1.165, 1.54) is 6.20 Å². The second kappa shape index (κ2) is 5.81. The zero-order valence-corrected chi connectivity index (χ0v) is 11.7. The Bertz CT molecular complexity index is 466. The molecule has 0 bridgehead atoms. The molecule has 1 rings (SSSR count). The molecule has 0 aliphatic rings. The second-order valence-corrected chi connectivity index (χ2v) is 6.20. The molecule has 1 heterocycles. The highest BCUT2D eigenvalue weighted by Gasteiger charge is 2.02. The molecule has 1 aromatic heterocycles. The quantitative estimate of drug-likeness (QED) is 0.803. The van der Waals surface area contributed by atoms with Gasteiger partial charge in [-0.15, -0.1) is 0 Å². The van der Waals surface area contributed by atoms with Gasteiger partial charge in [-0.2, -0.15) is 0 Å². The Morgan fingerprint density at radius 2 is 2.19 bits per heavy atom. The lowest BCUT2D eigenvalue weighted by Crippen LogP contribution is -2.27. The summed E-state index contributed by atoms with van der Waals surface area (Å²) >= 11 is 9.02. The molecule has 0 spiro atoms. The van der Waals surface area contributed by atoms with Crippen molar-refractivity contribution < 1.29 is 8.42 Å². The van der Waals surface area contributed by atoms with E-state index in [9.17, 15) is 8.42 Å². The first-order chi connectivity index (χ1) is 7.38. The van der Waals surface area contributed by atoms with E-state index in [4.69, 9.17) is 11.6 Å². The van der Waals surface area contributed by atoms with Crippen LogP contribution in [0.1, 0.15) is 0 Å². The number of anilines is 1. The standard InChI is InChI=1S/C8H11BrClN3O2S/c1-16(14,15)13-3-2-11-8-7(9)4-6(10)5-12-8/h4-5,13H,2-3H2,1H3,(H,11,12). The van der Waals surface area contributed by atoms with Crippen LogP contribution in [0.25, 0.3) is 0 Å². The largest absolute Gasteiger partial charge is 0.368 e. The van der Waals surface area contributed by atoms with Gasteiger partial charge < -0.3 is 5.32 Å². The molecular weight excluding hydrogens is 318 g/mol. The van der Waals surface area contributed by atoms with Crippen molar-refractivity contribution in [3.05, 3.63) is 21.8 Å². The van der Waals surface area contributed by atoms with Gasteiger partial charge in [0, 0.05) is 19.3 Å². The van der Waals surface area contributed by atoms with Gasteiger partial charge in [-0.1, -0.05) is 11.6 Å². The second-order valence-electron chi connectivity index (χ2n) is 3.08. The van der Waals surface area contributed by atoms with Crippen molar-refractivity contribution >= 4 is 43.4 Å². The first kappa shape index (κ1) is 13.7. The summed E-state index contributed by atoms with van der Waals surface area (Å²) in [4.78, 5) is 4.04. The maximum atomic E-state index is 10.8. The summed E-state index contributed by atoms with van der Waals surface area (Å²) in [6.07, 6.45) is 2.63. The molecule has 0 radical (unpaired) electrons. The molecule has 2 N–H and O–H groups in total. The van der Waals surface area contributed by atoms with Crippen molar-refractivity contribution in [3.8, 4) is 0 Å². The van der Waals surface area contributed by atoms with Crippen molar-refractivity contribution in [2.24, 2.45) is 0 Å². The average molecular weight is 329 g/mol. The Labute approximate surface area is 108 Å². The summed E-state index contributed by atoms with van der Waals surface area (Å²) in [5.74, 6) is 0.625. The number of nitrogens with one attached hydrogen (secondary N) is 2. The summed E-state index contributed by atoms with van der Waals surface area (Å²) in [5, 5.41) is 3.50. The van der Waals surface area contributed by atoms with E-state index in [0.717, 1.165) is 10.7 Å². The lowest BCUT2D eigenvalue weighted by atomic mass is 10.4. The Morgan fingerprint density at radius 1 is 1.50 bits per heavy atom. The van der Waals surface area contributed by atoms with Gasteiger partial charge in [-0.3, -0.25) is 0 Å². The zero-order valence-electron chi connectivity index (χ0n) is 8.50. The maximum absolute atomic E-state index is 10.8. The van der Waals surface area contributed by atoms with Gasteiger partial charge >= 0.3 is 0 Å². The van der Waals surface area contributed by atoms with Crippen LogP contribution in [0.3, 0.4) is 0 Å². The molecule has 0 atom stereocenters. The van der Waals surface area contributed by atoms with E-state index in [-0.39, 0.29) is 0 Å². The molecule has 0 aliphatic carbocycles. The van der Waals surface area contributed by atoms with Gasteiger partial charge in [-0.05, 0) is 22.0 Å². The molecule has 0 fully saturated rings. The summed E-state index contributed by atoms with van der Waals surface area (Å²) in [7, 11) is -3.14. The van der Waals surface area contributed by atoms with Crippen LogP contribution in [0, 0.1) is 0 Å². The SMILES string of the molecule is CS(=O)(=O)NCCNc1ncc(Cl)cc1Br. The number of halogens is 2. The number of aromatic nitrogens is 1. The molecule has 0 aliphatic heterocycles. The van der Waals surface area contributed by atoms with Gasteiger partial charge in [0.1, 0.15) is 5.82 Å². The molecule has 0 saturated carbocycles. The number of hydrogen-bond donors (Lipinski definition) is 2. The molecule has 0 unspecified atom stereocenters. The minimum atomic E-state index is -3.14. The van der Waals surface area contributed by atoms with Crippen LogP contribution in [0.15, 0.2) is 16.7 Å². The Kier molecular flexibility index (Phi) is 4.97. The minimum absolute atomic E-state index is 0.301. The van der Waals surface area contributed by atoms with Crippen LogP contribution >= 0.6 is 27.5 Å². The molecular formula is C8H11BrClN3O2S. The third-order valence-electron chi connectivity index (χ3n) is 1.59. The number of hydrogen-bond acceptors (Lipinski definition) is 4. The topological polar surface area (TPSA) is 71.1 Å². The summed E-state index contributed by atoms with van der Waals surface area (Å²) < 4.78 is 24.6. The van der Waals surface area contributed by atoms with Crippen LogP contribution in [0.4, 0.5) is 5.82 Å². The van der Waals surface area contributed by atoms with Crippen molar-refractivity contribution in [1.82, 2.24) is 9.71 Å². The van der Waals surface area contributed by atoms with Crippen LogP contribution in [0.5, 0.6) is 0 Å². The van der Waals surface area contributed by atoms with Crippen LogP contribution in [-0.4, -0.2) is 32.7 Å². The monoisotopic (exact) mass is 327 g/mol. The van der Waals surface area contributed by atoms with E-state index >= 15 is 0 Å². The van der Waals surface area contributed by atoms with Crippen molar-refractivity contribution in [2.75, 3.05) is 24.7 Å². The average Bonchev–Trinajstić information content (AvgIpc) is 2.13. The Hall–Kier alpha value is -0.370. The zero-order chi connectivity index (χ0) is 12.2. The third-order valence-corrected chi connectivity index (χ3v) is 3.13. The molecule has 0 aromatic carbocycles. The lowest BCUT2D eigenvalue weighted by molar-refractivity contribution is 0.589. The van der Waals surface area contributed by atoms with Crippen LogP contribution < -0.4 is 10.0 Å². The first-order valence-corrected chi connectivity index (χ1v) is 7.44. The summed E-state index contributed by atoms with van der Waals surface area (Å²) in [6, 6.07) is 1.71. The summed E-state index contributed by atoms with van der Waals surface area (Å²) in [5.41, 5.74) is 0. The number of nitrogens with zero attached hydrogens (tertiary/aromatic N) is 1. The molecule has 1 aromatic rings. The highest BCUT2D eigenvalue weighted by Crippen LogP contribution is 2.22. The van der Waals surface area contributed by atoms with Crippen molar-refractivity contribution in [1.29, 1.82) is 0 Å². The molecule has 90 valence electrons. The number of pyridine rings is 1. The van der Waals surface area contributed by atoms with E-state index in [1.54, 1.807) is 6.07 Å². The van der Waals surface area contributed by atoms with E-state index < -0.39 is 10.0 Å². The summed E-state index contributed by atoms with van der Waals surface area (Å²) in [6.45, 7) is 0.746. The van der Waals surface area contributed by atoms with E-state index in [2.05, 4.69) is 31.0 Å². The normalized spacial score (nSPS) is 11.4. The van der Waals surface area contributed by atoms with E-state index in [1.807, 2.05) is 0 Å². The van der Waals surface area contributed by atoms with Gasteiger partial charge in [0.05, 0.1) is 15.8 Å².